The minimum atomic E-state index is -1.38. The lowest BCUT2D eigenvalue weighted by Gasteiger charge is -2.35. The van der Waals surface area contributed by atoms with Gasteiger partial charge >= 0.3 is 6.09 Å². The van der Waals surface area contributed by atoms with Gasteiger partial charge in [0, 0.05) is 18.7 Å². The number of hydrogen-bond acceptors (Lipinski definition) is 6. The third-order valence-corrected chi connectivity index (χ3v) is 4.10. The summed E-state index contributed by atoms with van der Waals surface area (Å²) in [5.74, 6) is 0.185. The van der Waals surface area contributed by atoms with Crippen molar-refractivity contribution < 1.29 is 18.7 Å². The number of aromatic nitrogens is 4. The number of hydrogen-bond donors (Lipinski definition) is 1. The number of fused-ring (bicyclic) bond motifs is 1. The van der Waals surface area contributed by atoms with Crippen LogP contribution in [0.3, 0.4) is 0 Å². The summed E-state index contributed by atoms with van der Waals surface area (Å²) in [6.45, 7) is 7.32. The number of alkyl halides is 1. The molecule has 1 amide bonds. The van der Waals surface area contributed by atoms with Crippen molar-refractivity contribution >= 4 is 28.7 Å². The zero-order valence-electron chi connectivity index (χ0n) is 15.0. The molecule has 1 fully saturated rings. The Labute approximate surface area is 155 Å². The summed E-state index contributed by atoms with van der Waals surface area (Å²) < 4.78 is 25.7. The summed E-state index contributed by atoms with van der Waals surface area (Å²) in [5.41, 5.74) is 0.436. The van der Waals surface area contributed by atoms with Gasteiger partial charge in [0.25, 0.3) is 0 Å². The molecule has 0 aromatic carbocycles. The van der Waals surface area contributed by atoms with E-state index in [1.165, 1.54) is 4.90 Å². The number of nitrogens with one attached hydrogen (secondary N) is 1. The Hall–Kier alpha value is -2.16. The van der Waals surface area contributed by atoms with Crippen LogP contribution < -0.4 is 4.74 Å². The van der Waals surface area contributed by atoms with Crippen LogP contribution in [0.2, 0.25) is 5.28 Å². The number of carbonyl (C=O) groups excluding carboxylic acids is 1. The van der Waals surface area contributed by atoms with Crippen LogP contribution in [0.15, 0.2) is 0 Å². The van der Waals surface area contributed by atoms with Gasteiger partial charge < -0.3 is 14.4 Å². The standard InChI is InChI=1S/C16H21ClFN5O3/c1-8-11-12(22-21-8)19-14(17)20-13(11)25-10-5-6-23(7-9(10)18)15(24)26-16(2,3)4/h9-10H,5-7H2,1-4H3,(H,19,20,21,22)/t9-,10+/m0/s1. The normalized spacial score (nSPS) is 21.1. The fourth-order valence-electron chi connectivity index (χ4n) is 2.74. The lowest BCUT2D eigenvalue weighted by atomic mass is 10.1. The van der Waals surface area contributed by atoms with E-state index >= 15 is 0 Å². The number of aromatic amines is 1. The molecule has 1 aliphatic rings. The highest BCUT2D eigenvalue weighted by molar-refractivity contribution is 6.28. The van der Waals surface area contributed by atoms with Gasteiger partial charge in [-0.2, -0.15) is 15.1 Å². The molecule has 0 spiro atoms. The summed E-state index contributed by atoms with van der Waals surface area (Å²) in [4.78, 5) is 21.5. The van der Waals surface area contributed by atoms with Crippen molar-refractivity contribution in [3.05, 3.63) is 11.0 Å². The number of halogens is 2. The molecular weight excluding hydrogens is 365 g/mol. The second-order valence-electron chi connectivity index (χ2n) is 7.23. The Morgan fingerprint density at radius 2 is 2.12 bits per heavy atom. The number of likely N-dealkylation sites (tertiary alicyclic amines) is 1. The molecule has 0 saturated carbocycles. The monoisotopic (exact) mass is 385 g/mol. The average Bonchev–Trinajstić information content (AvgIpc) is 2.88. The second-order valence-corrected chi connectivity index (χ2v) is 7.57. The highest BCUT2D eigenvalue weighted by Gasteiger charge is 2.35. The van der Waals surface area contributed by atoms with Crippen LogP contribution in [0.1, 0.15) is 32.9 Å². The average molecular weight is 386 g/mol. The van der Waals surface area contributed by atoms with Gasteiger partial charge in [0.2, 0.25) is 11.2 Å². The zero-order valence-corrected chi connectivity index (χ0v) is 15.8. The molecule has 1 N–H and O–H groups in total. The van der Waals surface area contributed by atoms with Gasteiger partial charge in [-0.3, -0.25) is 5.10 Å². The molecule has 1 saturated heterocycles. The molecule has 0 aliphatic carbocycles. The van der Waals surface area contributed by atoms with Crippen molar-refractivity contribution in [2.24, 2.45) is 0 Å². The van der Waals surface area contributed by atoms with Crippen molar-refractivity contribution in [3.8, 4) is 5.88 Å². The van der Waals surface area contributed by atoms with Crippen LogP contribution in [0, 0.1) is 6.92 Å². The molecule has 0 radical (unpaired) electrons. The number of piperidine rings is 1. The zero-order chi connectivity index (χ0) is 19.1. The first-order chi connectivity index (χ1) is 12.1. The minimum absolute atomic E-state index is 0.0272. The van der Waals surface area contributed by atoms with E-state index in [1.54, 1.807) is 27.7 Å². The van der Waals surface area contributed by atoms with E-state index in [1.807, 2.05) is 0 Å². The predicted molar refractivity (Wildman–Crippen MR) is 93.2 cm³/mol. The molecule has 3 rings (SSSR count). The minimum Gasteiger partial charge on any atom is -0.470 e. The maximum atomic E-state index is 14.6. The first-order valence-electron chi connectivity index (χ1n) is 8.31. The number of amides is 1. The van der Waals surface area contributed by atoms with E-state index in [0.29, 0.717) is 29.7 Å². The first kappa shape index (κ1) is 18.6. The summed E-state index contributed by atoms with van der Waals surface area (Å²) in [5, 5.41) is 7.34. The number of rotatable bonds is 2. The lowest BCUT2D eigenvalue weighted by molar-refractivity contribution is -0.0111. The Balaban J connectivity index is 1.72. The van der Waals surface area contributed by atoms with Crippen molar-refractivity contribution in [1.29, 1.82) is 0 Å². The van der Waals surface area contributed by atoms with Gasteiger partial charge in [0.1, 0.15) is 17.1 Å². The predicted octanol–water partition coefficient (Wildman–Crippen LogP) is 3.04. The number of nitrogens with zero attached hydrogens (tertiary/aromatic N) is 4. The molecule has 26 heavy (non-hydrogen) atoms. The van der Waals surface area contributed by atoms with Crippen molar-refractivity contribution in [3.63, 3.8) is 0 Å². The summed E-state index contributed by atoms with van der Waals surface area (Å²) in [6, 6.07) is 0. The van der Waals surface area contributed by atoms with Crippen LogP contribution in [-0.4, -0.2) is 62.1 Å². The number of aryl methyl sites for hydroxylation is 1. The van der Waals surface area contributed by atoms with Gasteiger partial charge in [-0.15, -0.1) is 0 Å². The number of H-pyrrole nitrogens is 1. The molecule has 142 valence electrons. The van der Waals surface area contributed by atoms with Crippen LogP contribution in [0.25, 0.3) is 11.0 Å². The van der Waals surface area contributed by atoms with Crippen LogP contribution in [0.5, 0.6) is 5.88 Å². The topological polar surface area (TPSA) is 93.2 Å². The summed E-state index contributed by atoms with van der Waals surface area (Å²) in [7, 11) is 0. The van der Waals surface area contributed by atoms with Crippen LogP contribution >= 0.6 is 11.6 Å². The highest BCUT2D eigenvalue weighted by atomic mass is 35.5. The molecule has 8 nitrogen and oxygen atoms in total. The van der Waals surface area contributed by atoms with Crippen LogP contribution in [0.4, 0.5) is 9.18 Å². The molecule has 2 aromatic heterocycles. The quantitative estimate of drug-likeness (QED) is 0.798. The summed E-state index contributed by atoms with van der Waals surface area (Å²) in [6.07, 6.45) is -2.36. The lowest BCUT2D eigenvalue weighted by Crippen LogP contribution is -2.50. The van der Waals surface area contributed by atoms with Crippen molar-refractivity contribution in [2.45, 2.75) is 52.0 Å². The molecular formula is C16H21ClFN5O3. The maximum absolute atomic E-state index is 14.6. The Bertz CT molecular complexity index is 822. The molecule has 2 atom stereocenters. The van der Waals surface area contributed by atoms with Gasteiger partial charge in [-0.05, 0) is 39.3 Å². The molecule has 3 heterocycles. The summed E-state index contributed by atoms with van der Waals surface area (Å²) >= 11 is 5.89. The van der Waals surface area contributed by atoms with E-state index in [0.717, 1.165) is 0 Å². The molecule has 0 unspecified atom stereocenters. The maximum Gasteiger partial charge on any atom is 0.410 e. The van der Waals surface area contributed by atoms with Gasteiger partial charge in [0.15, 0.2) is 11.8 Å². The number of ether oxygens (including phenoxy) is 2. The third kappa shape index (κ3) is 3.98. The van der Waals surface area contributed by atoms with Gasteiger partial charge in [0.05, 0.1) is 6.54 Å². The fourth-order valence-corrected chi connectivity index (χ4v) is 2.90. The highest BCUT2D eigenvalue weighted by Crippen LogP contribution is 2.29. The molecule has 10 heteroatoms. The molecule has 1 aliphatic heterocycles. The Kier molecular flexibility index (Phi) is 4.92. The second kappa shape index (κ2) is 6.86. The van der Waals surface area contributed by atoms with E-state index in [-0.39, 0.29) is 17.7 Å². The largest absolute Gasteiger partial charge is 0.470 e. The Morgan fingerprint density at radius 3 is 2.77 bits per heavy atom. The van der Waals surface area contributed by atoms with Crippen molar-refractivity contribution in [2.75, 3.05) is 13.1 Å². The Morgan fingerprint density at radius 1 is 1.38 bits per heavy atom. The van der Waals surface area contributed by atoms with E-state index < -0.39 is 24.0 Å². The number of carbonyl (C=O) groups is 1. The SMILES string of the molecule is Cc1[nH]nc2nc(Cl)nc(O[C@@H]3CCN(C(=O)OC(C)(C)C)C[C@@H]3F)c12. The van der Waals surface area contributed by atoms with Crippen molar-refractivity contribution in [1.82, 2.24) is 25.1 Å². The van der Waals surface area contributed by atoms with E-state index in [4.69, 9.17) is 21.1 Å². The van der Waals surface area contributed by atoms with Gasteiger partial charge in [-0.25, -0.2) is 9.18 Å². The van der Waals surface area contributed by atoms with E-state index in [9.17, 15) is 9.18 Å². The van der Waals surface area contributed by atoms with E-state index in [2.05, 4.69) is 20.2 Å². The molecule has 0 bridgehead atoms. The molecule has 2 aromatic rings. The van der Waals surface area contributed by atoms with Gasteiger partial charge in [-0.1, -0.05) is 0 Å². The first-order valence-corrected chi connectivity index (χ1v) is 8.68. The smallest absolute Gasteiger partial charge is 0.410 e. The third-order valence-electron chi connectivity index (χ3n) is 3.93. The van der Waals surface area contributed by atoms with Crippen LogP contribution in [-0.2, 0) is 4.74 Å². The fraction of sp³-hybridized carbons (Fsp3) is 0.625.